The number of hydrogen-bond acceptors (Lipinski definition) is 5. The zero-order valence-corrected chi connectivity index (χ0v) is 21.1. The van der Waals surface area contributed by atoms with Gasteiger partial charge in [0.1, 0.15) is 18.1 Å². The Morgan fingerprint density at radius 3 is 2.75 bits per heavy atom. The number of fused-ring (bicyclic) bond motifs is 3. The van der Waals surface area contributed by atoms with Crippen molar-refractivity contribution in [3.05, 3.63) is 64.2 Å². The zero-order valence-electron chi connectivity index (χ0n) is 20.3. The van der Waals surface area contributed by atoms with E-state index in [1.807, 2.05) is 16.7 Å². The van der Waals surface area contributed by atoms with Crippen LogP contribution in [0.1, 0.15) is 30.7 Å². The molecule has 36 heavy (non-hydrogen) atoms. The lowest BCUT2D eigenvalue weighted by Crippen LogP contribution is -2.39. The number of amides is 1. The van der Waals surface area contributed by atoms with Crippen LogP contribution in [0.4, 0.5) is 4.39 Å². The van der Waals surface area contributed by atoms with Gasteiger partial charge in [-0.1, -0.05) is 17.7 Å². The van der Waals surface area contributed by atoms with Crippen molar-refractivity contribution in [2.45, 2.75) is 33.4 Å². The summed E-state index contributed by atoms with van der Waals surface area (Å²) in [6, 6.07) is 8.49. The largest absolute Gasteiger partial charge is 0.481 e. The van der Waals surface area contributed by atoms with E-state index >= 15 is 0 Å². The van der Waals surface area contributed by atoms with E-state index in [4.69, 9.17) is 26.2 Å². The van der Waals surface area contributed by atoms with E-state index in [-0.39, 0.29) is 44.7 Å². The van der Waals surface area contributed by atoms with Gasteiger partial charge in [0.05, 0.1) is 38.3 Å². The van der Waals surface area contributed by atoms with E-state index < -0.39 is 11.4 Å². The van der Waals surface area contributed by atoms with E-state index in [1.54, 1.807) is 37.1 Å². The highest BCUT2D eigenvalue weighted by atomic mass is 35.5. The second-order valence-corrected chi connectivity index (χ2v) is 9.92. The van der Waals surface area contributed by atoms with Crippen LogP contribution in [0.25, 0.3) is 11.0 Å². The van der Waals surface area contributed by atoms with E-state index in [0.29, 0.717) is 30.1 Å². The summed E-state index contributed by atoms with van der Waals surface area (Å²) in [6.45, 7) is 4.68. The number of carbonyl (C=O) groups is 2. The standard InChI is InChI=1S/C26H29ClFN3O5/c1-26(2,25(33)34)16-36-11-10-35-15-23(32)30-9-7-19-20-4-3-8-29-24(20)31(22(19)14-30)13-17-5-6-18(27)12-21(17)28/h3-6,8,12H,7,9-11,13-16H2,1-2H3,(H,33,34). The molecular formula is C26H29ClFN3O5. The topological polar surface area (TPSA) is 93.9 Å². The Morgan fingerprint density at radius 1 is 1.22 bits per heavy atom. The van der Waals surface area contributed by atoms with E-state index in [1.165, 1.54) is 6.07 Å². The first kappa shape index (κ1) is 26.1. The van der Waals surface area contributed by atoms with Crippen LogP contribution in [0, 0.1) is 11.2 Å². The summed E-state index contributed by atoms with van der Waals surface area (Å²) in [6.07, 6.45) is 2.37. The van der Waals surface area contributed by atoms with Crippen LogP contribution in [0.2, 0.25) is 5.02 Å². The molecule has 0 saturated carbocycles. The second kappa shape index (κ2) is 10.9. The monoisotopic (exact) mass is 517 g/mol. The lowest BCUT2D eigenvalue weighted by atomic mass is 9.95. The third-order valence-electron chi connectivity index (χ3n) is 6.35. The van der Waals surface area contributed by atoms with Crippen molar-refractivity contribution in [2.24, 2.45) is 5.41 Å². The average Bonchev–Trinajstić information content (AvgIpc) is 3.15. The van der Waals surface area contributed by atoms with Gasteiger partial charge < -0.3 is 24.0 Å². The minimum absolute atomic E-state index is 0.0569. The highest BCUT2D eigenvalue weighted by Crippen LogP contribution is 2.31. The Morgan fingerprint density at radius 2 is 2.00 bits per heavy atom. The van der Waals surface area contributed by atoms with Crippen LogP contribution >= 0.6 is 11.6 Å². The maximum Gasteiger partial charge on any atom is 0.311 e. The van der Waals surface area contributed by atoms with Crippen LogP contribution in [0.5, 0.6) is 0 Å². The summed E-state index contributed by atoms with van der Waals surface area (Å²) in [5.41, 5.74) is 2.30. The molecule has 0 fully saturated rings. The predicted molar refractivity (Wildman–Crippen MR) is 132 cm³/mol. The van der Waals surface area contributed by atoms with E-state index in [0.717, 1.165) is 22.3 Å². The molecule has 0 saturated heterocycles. The lowest BCUT2D eigenvalue weighted by Gasteiger charge is -2.28. The van der Waals surface area contributed by atoms with E-state index in [9.17, 15) is 14.0 Å². The number of pyridine rings is 1. The number of ether oxygens (including phenoxy) is 2. The molecule has 2 aromatic heterocycles. The minimum Gasteiger partial charge on any atom is -0.481 e. The van der Waals surface area contributed by atoms with Crippen molar-refractivity contribution >= 4 is 34.5 Å². The third kappa shape index (κ3) is 5.69. The summed E-state index contributed by atoms with van der Waals surface area (Å²) in [7, 11) is 0. The number of hydrogen-bond donors (Lipinski definition) is 1. The quantitative estimate of drug-likeness (QED) is 0.410. The van der Waals surface area contributed by atoms with Gasteiger partial charge in [0.25, 0.3) is 0 Å². The van der Waals surface area contributed by atoms with Crippen molar-refractivity contribution in [3.8, 4) is 0 Å². The summed E-state index contributed by atoms with van der Waals surface area (Å²) >= 11 is 5.92. The Labute approximate surface area is 213 Å². The van der Waals surface area contributed by atoms with Gasteiger partial charge in [-0.25, -0.2) is 9.37 Å². The van der Waals surface area contributed by atoms with Crippen LogP contribution in [0.3, 0.4) is 0 Å². The molecule has 192 valence electrons. The molecule has 0 aliphatic carbocycles. The highest BCUT2D eigenvalue weighted by molar-refractivity contribution is 6.30. The summed E-state index contributed by atoms with van der Waals surface area (Å²) in [4.78, 5) is 30.2. The lowest BCUT2D eigenvalue weighted by molar-refractivity contribution is -0.150. The SMILES string of the molecule is CC(C)(COCCOCC(=O)N1CCc2c(n(Cc3ccc(Cl)cc3F)c3ncccc23)C1)C(=O)O. The first-order valence-electron chi connectivity index (χ1n) is 11.7. The van der Waals surface area contributed by atoms with Gasteiger partial charge in [0, 0.05) is 34.4 Å². The third-order valence-corrected chi connectivity index (χ3v) is 6.58. The van der Waals surface area contributed by atoms with Gasteiger partial charge in [0.15, 0.2) is 0 Å². The molecule has 3 aromatic rings. The van der Waals surface area contributed by atoms with Crippen LogP contribution in [-0.2, 0) is 38.6 Å². The second-order valence-electron chi connectivity index (χ2n) is 9.48. The number of nitrogens with zero attached hydrogens (tertiary/aromatic N) is 3. The molecule has 1 amide bonds. The van der Waals surface area contributed by atoms with Gasteiger partial charge in [-0.2, -0.15) is 0 Å². The Bertz CT molecular complexity index is 1280. The molecule has 1 aliphatic rings. The van der Waals surface area contributed by atoms with Crippen molar-refractivity contribution in [3.63, 3.8) is 0 Å². The molecular weight excluding hydrogens is 489 g/mol. The van der Waals surface area contributed by atoms with Gasteiger partial charge in [-0.05, 0) is 50.1 Å². The molecule has 1 N–H and O–H groups in total. The van der Waals surface area contributed by atoms with Gasteiger partial charge >= 0.3 is 5.97 Å². The maximum absolute atomic E-state index is 14.6. The normalized spacial score (nSPS) is 13.7. The molecule has 10 heteroatoms. The van der Waals surface area contributed by atoms with Gasteiger partial charge in [-0.15, -0.1) is 0 Å². The van der Waals surface area contributed by atoms with Crippen LogP contribution in [-0.4, -0.2) is 64.4 Å². The van der Waals surface area contributed by atoms with E-state index in [2.05, 4.69) is 4.98 Å². The summed E-state index contributed by atoms with van der Waals surface area (Å²) in [5, 5.41) is 10.5. The molecule has 4 rings (SSSR count). The van der Waals surface area contributed by atoms with Gasteiger partial charge in [0.2, 0.25) is 5.91 Å². The Hall–Kier alpha value is -3.01. The number of carbonyl (C=O) groups excluding carboxylic acids is 1. The first-order valence-corrected chi connectivity index (χ1v) is 12.1. The van der Waals surface area contributed by atoms with Gasteiger partial charge in [-0.3, -0.25) is 9.59 Å². The molecule has 0 unspecified atom stereocenters. The summed E-state index contributed by atoms with van der Waals surface area (Å²) < 4.78 is 27.4. The number of aliphatic carboxylic acids is 1. The number of benzene rings is 1. The Kier molecular flexibility index (Phi) is 7.92. The minimum atomic E-state index is -0.983. The first-order chi connectivity index (χ1) is 17.2. The van der Waals surface area contributed by atoms with Crippen LogP contribution < -0.4 is 0 Å². The smallest absolute Gasteiger partial charge is 0.311 e. The van der Waals surface area contributed by atoms with Crippen LogP contribution in [0.15, 0.2) is 36.5 Å². The number of halogens is 2. The fourth-order valence-corrected chi connectivity index (χ4v) is 4.38. The predicted octanol–water partition coefficient (Wildman–Crippen LogP) is 3.91. The molecule has 0 atom stereocenters. The maximum atomic E-state index is 14.6. The Balaban J connectivity index is 1.41. The zero-order chi connectivity index (χ0) is 25.9. The highest BCUT2D eigenvalue weighted by Gasteiger charge is 2.28. The average molecular weight is 518 g/mol. The number of aromatic nitrogens is 2. The number of carboxylic acid groups (broad SMARTS) is 1. The van der Waals surface area contributed by atoms with Crippen molar-refractivity contribution < 1.29 is 28.6 Å². The molecule has 0 spiro atoms. The summed E-state index contributed by atoms with van der Waals surface area (Å²) in [5.74, 6) is -1.48. The fourth-order valence-electron chi connectivity index (χ4n) is 4.22. The number of rotatable bonds is 10. The van der Waals surface area contributed by atoms with Crippen molar-refractivity contribution in [2.75, 3.05) is 33.0 Å². The molecule has 3 heterocycles. The molecule has 0 bridgehead atoms. The molecule has 0 radical (unpaired) electrons. The molecule has 1 aliphatic heterocycles. The van der Waals surface area contributed by atoms with Crippen molar-refractivity contribution in [1.29, 1.82) is 0 Å². The van der Waals surface area contributed by atoms with Crippen molar-refractivity contribution in [1.82, 2.24) is 14.5 Å². The number of carboxylic acids is 1. The molecule has 1 aromatic carbocycles. The fraction of sp³-hybridized carbons (Fsp3) is 0.423. The molecule has 8 nitrogen and oxygen atoms in total.